The minimum atomic E-state index is -2.93. The summed E-state index contributed by atoms with van der Waals surface area (Å²) in [5, 5.41) is 11.4. The van der Waals surface area contributed by atoms with Gasteiger partial charge < -0.3 is 14.8 Å². The van der Waals surface area contributed by atoms with Crippen LogP contribution in [0.3, 0.4) is 0 Å². The van der Waals surface area contributed by atoms with E-state index >= 15 is 0 Å². The number of carboxylic acids is 1. The van der Waals surface area contributed by atoms with E-state index in [1.165, 1.54) is 24.4 Å². The van der Waals surface area contributed by atoms with E-state index < -0.39 is 30.1 Å². The molecular formula is C17H11F2N3O4. The molecule has 2 heterocycles. The van der Waals surface area contributed by atoms with Gasteiger partial charge in [0.15, 0.2) is 5.58 Å². The Kier molecular flexibility index (Phi) is 3.46. The molecule has 0 aliphatic heterocycles. The molecule has 1 aromatic carbocycles. The first kappa shape index (κ1) is 16.1. The van der Waals surface area contributed by atoms with Gasteiger partial charge in [-0.3, -0.25) is 4.79 Å². The summed E-state index contributed by atoms with van der Waals surface area (Å²) < 4.78 is 31.5. The molecule has 26 heavy (non-hydrogen) atoms. The van der Waals surface area contributed by atoms with Crippen LogP contribution in [0.15, 0.2) is 40.9 Å². The molecule has 1 amide bonds. The number of oxazole rings is 1. The van der Waals surface area contributed by atoms with Crippen LogP contribution in [0.1, 0.15) is 16.9 Å². The van der Waals surface area contributed by atoms with Crippen molar-refractivity contribution in [3.63, 3.8) is 0 Å². The molecule has 9 heteroatoms. The molecule has 1 fully saturated rings. The second-order valence-corrected chi connectivity index (χ2v) is 5.94. The number of anilines is 1. The summed E-state index contributed by atoms with van der Waals surface area (Å²) in [5.41, 5.74) is 1.39. The van der Waals surface area contributed by atoms with E-state index in [-0.39, 0.29) is 11.6 Å². The van der Waals surface area contributed by atoms with Crippen molar-refractivity contribution in [2.45, 2.75) is 12.3 Å². The number of carboxylic acid groups (broad SMARTS) is 1. The fourth-order valence-corrected chi connectivity index (χ4v) is 2.53. The first-order valence-electron chi connectivity index (χ1n) is 7.62. The Morgan fingerprint density at radius 3 is 2.73 bits per heavy atom. The van der Waals surface area contributed by atoms with Gasteiger partial charge in [-0.1, -0.05) is 0 Å². The van der Waals surface area contributed by atoms with E-state index in [4.69, 9.17) is 9.52 Å². The molecule has 3 aromatic rings. The number of aromatic carboxylic acids is 1. The predicted octanol–water partition coefficient (Wildman–Crippen LogP) is 3.18. The number of alkyl halides is 2. The molecule has 0 radical (unpaired) electrons. The summed E-state index contributed by atoms with van der Waals surface area (Å²) in [6, 6.07) is 7.45. The maximum absolute atomic E-state index is 12.9. The van der Waals surface area contributed by atoms with Crippen LogP contribution in [-0.2, 0) is 4.79 Å². The van der Waals surface area contributed by atoms with Gasteiger partial charge in [-0.05, 0) is 24.3 Å². The maximum Gasteiger partial charge on any atom is 0.354 e. The Labute approximate surface area is 144 Å². The number of hydrogen-bond donors (Lipinski definition) is 2. The van der Waals surface area contributed by atoms with Gasteiger partial charge in [0.2, 0.25) is 11.8 Å². The molecule has 1 aliphatic rings. The molecule has 7 nitrogen and oxygen atoms in total. The van der Waals surface area contributed by atoms with Crippen molar-refractivity contribution < 1.29 is 27.9 Å². The number of amides is 1. The monoisotopic (exact) mass is 359 g/mol. The lowest BCUT2D eigenvalue weighted by molar-refractivity contribution is -0.119. The summed E-state index contributed by atoms with van der Waals surface area (Å²) in [5.74, 6) is -5.97. The third-order valence-corrected chi connectivity index (χ3v) is 4.02. The number of carbonyl (C=O) groups excluding carboxylic acids is 1. The molecule has 2 N–H and O–H groups in total. The van der Waals surface area contributed by atoms with E-state index in [0.29, 0.717) is 22.4 Å². The van der Waals surface area contributed by atoms with Gasteiger partial charge >= 0.3 is 5.97 Å². The standard InChI is InChI=1S/C17H11F2N3O4/c18-17(19)7-10(17)14(23)21-9-1-2-11-13(6-9)26-15(22-11)8-3-4-20-12(5-8)16(24)25/h1-6,10H,7H2,(H,21,23)(H,24,25)/t10-/m0/s1. The largest absolute Gasteiger partial charge is 0.477 e. The zero-order valence-corrected chi connectivity index (χ0v) is 13.1. The van der Waals surface area contributed by atoms with Gasteiger partial charge in [0.05, 0.1) is 0 Å². The normalized spacial score (nSPS) is 17.8. The fourth-order valence-electron chi connectivity index (χ4n) is 2.53. The van der Waals surface area contributed by atoms with Crippen molar-refractivity contribution in [1.82, 2.24) is 9.97 Å². The van der Waals surface area contributed by atoms with Gasteiger partial charge in [-0.2, -0.15) is 0 Å². The Bertz CT molecular complexity index is 1050. The third kappa shape index (κ3) is 2.87. The highest BCUT2D eigenvalue weighted by molar-refractivity contribution is 5.96. The molecule has 0 unspecified atom stereocenters. The topological polar surface area (TPSA) is 105 Å². The second-order valence-electron chi connectivity index (χ2n) is 5.94. The van der Waals surface area contributed by atoms with Crippen molar-refractivity contribution >= 4 is 28.7 Å². The highest BCUT2D eigenvalue weighted by Gasteiger charge is 2.61. The van der Waals surface area contributed by atoms with Crippen LogP contribution in [0.25, 0.3) is 22.6 Å². The van der Waals surface area contributed by atoms with E-state index in [1.807, 2.05) is 0 Å². The number of pyridine rings is 1. The van der Waals surface area contributed by atoms with E-state index in [0.717, 1.165) is 0 Å². The number of hydrogen-bond acceptors (Lipinski definition) is 5. The molecule has 0 saturated heterocycles. The van der Waals surface area contributed by atoms with E-state index in [9.17, 15) is 18.4 Å². The number of halogens is 2. The molecule has 2 aromatic heterocycles. The number of nitrogens with zero attached hydrogens (tertiary/aromatic N) is 2. The van der Waals surface area contributed by atoms with Crippen molar-refractivity contribution in [2.24, 2.45) is 5.92 Å². The Hall–Kier alpha value is -3.36. The molecule has 0 spiro atoms. The SMILES string of the molecule is O=C(O)c1cc(-c2nc3ccc(NC(=O)[C@@H]4CC4(F)F)cc3o2)ccn1. The van der Waals surface area contributed by atoms with Gasteiger partial charge in [-0.25, -0.2) is 23.5 Å². The number of fused-ring (bicyclic) bond motifs is 1. The third-order valence-electron chi connectivity index (χ3n) is 4.02. The summed E-state index contributed by atoms with van der Waals surface area (Å²) in [4.78, 5) is 30.7. The van der Waals surface area contributed by atoms with Crippen molar-refractivity contribution in [3.05, 3.63) is 42.2 Å². The zero-order valence-electron chi connectivity index (χ0n) is 13.1. The molecule has 1 saturated carbocycles. The zero-order chi connectivity index (χ0) is 18.5. The van der Waals surface area contributed by atoms with E-state index in [1.54, 1.807) is 12.1 Å². The van der Waals surface area contributed by atoms with Crippen LogP contribution >= 0.6 is 0 Å². The summed E-state index contributed by atoms with van der Waals surface area (Å²) in [6.45, 7) is 0. The van der Waals surface area contributed by atoms with Crippen LogP contribution < -0.4 is 5.32 Å². The van der Waals surface area contributed by atoms with Crippen LogP contribution in [0.4, 0.5) is 14.5 Å². The number of benzene rings is 1. The number of carbonyl (C=O) groups is 2. The molecule has 4 rings (SSSR count). The smallest absolute Gasteiger partial charge is 0.354 e. The number of aromatic nitrogens is 2. The van der Waals surface area contributed by atoms with Crippen molar-refractivity contribution in [3.8, 4) is 11.5 Å². The lowest BCUT2D eigenvalue weighted by Gasteiger charge is -2.03. The van der Waals surface area contributed by atoms with Crippen molar-refractivity contribution in [2.75, 3.05) is 5.32 Å². The molecule has 0 bridgehead atoms. The lowest BCUT2D eigenvalue weighted by Crippen LogP contribution is -2.17. The predicted molar refractivity (Wildman–Crippen MR) is 85.9 cm³/mol. The van der Waals surface area contributed by atoms with Crippen LogP contribution in [0.5, 0.6) is 0 Å². The van der Waals surface area contributed by atoms with Gasteiger partial charge in [0.1, 0.15) is 17.1 Å². The Balaban J connectivity index is 1.61. The van der Waals surface area contributed by atoms with E-state index in [2.05, 4.69) is 15.3 Å². The van der Waals surface area contributed by atoms with Gasteiger partial charge in [0, 0.05) is 29.9 Å². The van der Waals surface area contributed by atoms with Gasteiger partial charge in [-0.15, -0.1) is 0 Å². The molecule has 132 valence electrons. The van der Waals surface area contributed by atoms with Crippen LogP contribution in [0.2, 0.25) is 0 Å². The maximum atomic E-state index is 12.9. The number of rotatable bonds is 4. The van der Waals surface area contributed by atoms with Crippen LogP contribution in [0, 0.1) is 5.92 Å². The summed E-state index contributed by atoms with van der Waals surface area (Å²) in [6.07, 6.45) is 0.886. The summed E-state index contributed by atoms with van der Waals surface area (Å²) >= 11 is 0. The van der Waals surface area contributed by atoms with Crippen LogP contribution in [-0.4, -0.2) is 32.9 Å². The quantitative estimate of drug-likeness (QED) is 0.741. The minimum absolute atomic E-state index is 0.150. The average molecular weight is 359 g/mol. The molecular weight excluding hydrogens is 348 g/mol. The Morgan fingerprint density at radius 2 is 2.04 bits per heavy atom. The summed E-state index contributed by atoms with van der Waals surface area (Å²) in [7, 11) is 0. The number of nitrogens with one attached hydrogen (secondary N) is 1. The molecule has 1 atom stereocenters. The fraction of sp³-hybridized carbons (Fsp3) is 0.176. The second kappa shape index (κ2) is 5.58. The Morgan fingerprint density at radius 1 is 1.27 bits per heavy atom. The highest BCUT2D eigenvalue weighted by atomic mass is 19.3. The lowest BCUT2D eigenvalue weighted by atomic mass is 10.2. The van der Waals surface area contributed by atoms with Crippen molar-refractivity contribution in [1.29, 1.82) is 0 Å². The first-order valence-corrected chi connectivity index (χ1v) is 7.62. The van der Waals surface area contributed by atoms with Gasteiger partial charge in [0.25, 0.3) is 5.92 Å². The average Bonchev–Trinajstić information content (AvgIpc) is 3.05. The molecule has 1 aliphatic carbocycles. The first-order chi connectivity index (χ1) is 12.3. The highest BCUT2D eigenvalue weighted by Crippen LogP contribution is 2.49. The minimum Gasteiger partial charge on any atom is -0.477 e.